The Hall–Kier alpha value is -1.49. The zero-order valence-electron chi connectivity index (χ0n) is 8.28. The molecule has 0 spiro atoms. The van der Waals surface area contributed by atoms with Gasteiger partial charge in [-0.15, -0.1) is 0 Å². The summed E-state index contributed by atoms with van der Waals surface area (Å²) in [7, 11) is 0. The zero-order valence-corrected chi connectivity index (χ0v) is 9.04. The number of nitrogens with zero attached hydrogens (tertiary/aromatic N) is 1. The lowest BCUT2D eigenvalue weighted by Crippen LogP contribution is -2.30. The average molecular weight is 231 g/mol. The third kappa shape index (κ3) is 2.50. The molecule has 82 valence electrons. The Kier molecular flexibility index (Phi) is 3.36. The number of hydrogen-bond donors (Lipinski definition) is 3. The van der Waals surface area contributed by atoms with Crippen LogP contribution in [0.2, 0.25) is 5.15 Å². The van der Waals surface area contributed by atoms with Gasteiger partial charge in [0.2, 0.25) is 0 Å². The van der Waals surface area contributed by atoms with Crippen molar-refractivity contribution in [3.8, 4) is 11.5 Å². The van der Waals surface area contributed by atoms with Crippen LogP contribution >= 0.6 is 11.6 Å². The summed E-state index contributed by atoms with van der Waals surface area (Å²) in [5.74, 6) is -1.61. The van der Waals surface area contributed by atoms with Gasteiger partial charge in [0.1, 0.15) is 10.7 Å². The third-order valence-corrected chi connectivity index (χ3v) is 1.92. The van der Waals surface area contributed by atoms with Crippen LogP contribution in [0.5, 0.6) is 11.5 Å². The average Bonchev–Trinajstić information content (AvgIpc) is 2.11. The molecular weight excluding hydrogens is 220 g/mol. The number of rotatable bonds is 2. The number of amides is 1. The summed E-state index contributed by atoms with van der Waals surface area (Å²) in [6, 6.07) is -0.102. The molecule has 6 heteroatoms. The molecule has 0 unspecified atom stereocenters. The number of nitrogens with one attached hydrogen (secondary N) is 1. The summed E-state index contributed by atoms with van der Waals surface area (Å²) in [6.07, 6.45) is 0.976. The first kappa shape index (κ1) is 11.6. The van der Waals surface area contributed by atoms with Crippen LogP contribution in [0.15, 0.2) is 6.20 Å². The number of aromatic hydroxyl groups is 2. The van der Waals surface area contributed by atoms with Gasteiger partial charge in [0.25, 0.3) is 5.91 Å². The number of halogens is 1. The van der Waals surface area contributed by atoms with Crippen molar-refractivity contribution in [1.29, 1.82) is 0 Å². The Morgan fingerprint density at radius 2 is 2.13 bits per heavy atom. The molecular formula is C9H11ClN2O3. The van der Waals surface area contributed by atoms with E-state index in [0.29, 0.717) is 0 Å². The molecule has 15 heavy (non-hydrogen) atoms. The number of aromatic nitrogens is 1. The zero-order chi connectivity index (χ0) is 11.6. The van der Waals surface area contributed by atoms with Crippen LogP contribution in [0.3, 0.4) is 0 Å². The maximum Gasteiger partial charge on any atom is 0.258 e. The van der Waals surface area contributed by atoms with Gasteiger partial charge in [0.05, 0.1) is 6.20 Å². The molecule has 1 aromatic heterocycles. The second kappa shape index (κ2) is 4.35. The van der Waals surface area contributed by atoms with E-state index < -0.39 is 17.4 Å². The quantitative estimate of drug-likeness (QED) is 0.669. The SMILES string of the molecule is CC(C)NC(=O)c1c(Cl)ncc(O)c1O. The second-order valence-corrected chi connectivity index (χ2v) is 3.64. The van der Waals surface area contributed by atoms with E-state index in [2.05, 4.69) is 10.3 Å². The van der Waals surface area contributed by atoms with Crippen LogP contribution in [0.1, 0.15) is 24.2 Å². The highest BCUT2D eigenvalue weighted by atomic mass is 35.5. The van der Waals surface area contributed by atoms with Crippen LogP contribution in [-0.4, -0.2) is 27.1 Å². The van der Waals surface area contributed by atoms with Crippen LogP contribution in [-0.2, 0) is 0 Å². The highest BCUT2D eigenvalue weighted by molar-refractivity contribution is 6.33. The molecule has 5 nitrogen and oxygen atoms in total. The molecule has 0 aliphatic carbocycles. The normalized spacial score (nSPS) is 10.4. The summed E-state index contributed by atoms with van der Waals surface area (Å²) in [4.78, 5) is 15.1. The number of pyridine rings is 1. The molecule has 3 N–H and O–H groups in total. The van der Waals surface area contributed by atoms with Crippen molar-refractivity contribution in [1.82, 2.24) is 10.3 Å². The van der Waals surface area contributed by atoms with Crippen molar-refractivity contribution < 1.29 is 15.0 Å². The maximum atomic E-state index is 11.5. The van der Waals surface area contributed by atoms with Crippen LogP contribution in [0.25, 0.3) is 0 Å². The van der Waals surface area contributed by atoms with Crippen LogP contribution in [0, 0.1) is 0 Å². The molecule has 1 rings (SSSR count). The molecule has 0 saturated carbocycles. The monoisotopic (exact) mass is 230 g/mol. The predicted molar refractivity (Wildman–Crippen MR) is 55.2 cm³/mol. The standard InChI is InChI=1S/C9H11ClN2O3/c1-4(2)12-9(15)6-7(14)5(13)3-11-8(6)10/h3-4,13H,1-2H3,(H,11,14)(H,12,15). The van der Waals surface area contributed by atoms with Gasteiger partial charge in [-0.25, -0.2) is 4.98 Å². The fourth-order valence-electron chi connectivity index (χ4n) is 1.00. The molecule has 1 heterocycles. The number of carbonyl (C=O) groups excluding carboxylic acids is 1. The Morgan fingerprint density at radius 1 is 1.53 bits per heavy atom. The number of hydrogen-bond acceptors (Lipinski definition) is 4. The van der Waals surface area contributed by atoms with Crippen LogP contribution in [0.4, 0.5) is 0 Å². The minimum Gasteiger partial charge on any atom is -0.504 e. The Bertz CT molecular complexity index is 393. The van der Waals surface area contributed by atoms with Gasteiger partial charge >= 0.3 is 0 Å². The molecule has 0 fully saturated rings. The highest BCUT2D eigenvalue weighted by Gasteiger charge is 2.20. The fourth-order valence-corrected chi connectivity index (χ4v) is 1.23. The van der Waals surface area contributed by atoms with E-state index in [9.17, 15) is 9.90 Å². The van der Waals surface area contributed by atoms with Gasteiger partial charge in [-0.05, 0) is 13.8 Å². The Balaban J connectivity index is 3.13. The van der Waals surface area contributed by atoms with E-state index in [-0.39, 0.29) is 16.8 Å². The topological polar surface area (TPSA) is 82.5 Å². The van der Waals surface area contributed by atoms with Gasteiger partial charge in [-0.1, -0.05) is 11.6 Å². The molecule has 0 saturated heterocycles. The van der Waals surface area contributed by atoms with E-state index in [1.54, 1.807) is 13.8 Å². The largest absolute Gasteiger partial charge is 0.504 e. The maximum absolute atomic E-state index is 11.5. The van der Waals surface area contributed by atoms with E-state index in [1.165, 1.54) is 0 Å². The summed E-state index contributed by atoms with van der Waals surface area (Å²) in [5.41, 5.74) is -0.217. The van der Waals surface area contributed by atoms with E-state index in [0.717, 1.165) is 6.20 Å². The van der Waals surface area contributed by atoms with Crippen molar-refractivity contribution in [3.05, 3.63) is 16.9 Å². The minimum atomic E-state index is -0.573. The lowest BCUT2D eigenvalue weighted by atomic mass is 10.2. The molecule has 0 aliphatic heterocycles. The van der Waals surface area contributed by atoms with Crippen molar-refractivity contribution in [2.45, 2.75) is 19.9 Å². The van der Waals surface area contributed by atoms with Gasteiger partial charge in [0, 0.05) is 6.04 Å². The van der Waals surface area contributed by atoms with Crippen molar-refractivity contribution in [2.75, 3.05) is 0 Å². The Labute approximate surface area is 91.7 Å². The van der Waals surface area contributed by atoms with Gasteiger partial charge in [-0.2, -0.15) is 0 Å². The molecule has 0 aliphatic rings. The smallest absolute Gasteiger partial charge is 0.258 e. The molecule has 0 aromatic carbocycles. The molecule has 0 atom stereocenters. The van der Waals surface area contributed by atoms with Gasteiger partial charge < -0.3 is 15.5 Å². The summed E-state index contributed by atoms with van der Waals surface area (Å²) < 4.78 is 0. The van der Waals surface area contributed by atoms with Crippen molar-refractivity contribution in [3.63, 3.8) is 0 Å². The predicted octanol–water partition coefficient (Wildman–Crippen LogP) is 1.28. The van der Waals surface area contributed by atoms with E-state index in [4.69, 9.17) is 16.7 Å². The van der Waals surface area contributed by atoms with Crippen LogP contribution < -0.4 is 5.32 Å². The first-order valence-corrected chi connectivity index (χ1v) is 4.68. The van der Waals surface area contributed by atoms with Crippen molar-refractivity contribution in [2.24, 2.45) is 0 Å². The Morgan fingerprint density at radius 3 is 2.67 bits per heavy atom. The lowest BCUT2D eigenvalue weighted by molar-refractivity contribution is 0.0939. The van der Waals surface area contributed by atoms with E-state index >= 15 is 0 Å². The van der Waals surface area contributed by atoms with E-state index in [1.807, 2.05) is 0 Å². The first-order chi connectivity index (χ1) is 6.93. The molecule has 1 amide bonds. The fraction of sp³-hybridized carbons (Fsp3) is 0.333. The lowest BCUT2D eigenvalue weighted by Gasteiger charge is -2.10. The summed E-state index contributed by atoms with van der Waals surface area (Å²) in [5, 5.41) is 21.0. The number of carbonyl (C=O) groups is 1. The van der Waals surface area contributed by atoms with Gasteiger partial charge in [-0.3, -0.25) is 4.79 Å². The third-order valence-electron chi connectivity index (χ3n) is 1.63. The molecule has 0 radical (unpaired) electrons. The van der Waals surface area contributed by atoms with Crippen molar-refractivity contribution >= 4 is 17.5 Å². The summed E-state index contributed by atoms with van der Waals surface area (Å²) >= 11 is 5.64. The second-order valence-electron chi connectivity index (χ2n) is 3.29. The first-order valence-electron chi connectivity index (χ1n) is 4.30. The highest BCUT2D eigenvalue weighted by Crippen LogP contribution is 2.31. The summed E-state index contributed by atoms with van der Waals surface area (Å²) in [6.45, 7) is 3.53. The van der Waals surface area contributed by atoms with Gasteiger partial charge in [0.15, 0.2) is 11.5 Å². The molecule has 1 aromatic rings. The molecule has 0 bridgehead atoms. The minimum absolute atomic E-state index is 0.102.